The van der Waals surface area contributed by atoms with Crippen molar-refractivity contribution in [2.24, 2.45) is 5.92 Å². The first-order chi connectivity index (χ1) is 12.5. The fourth-order valence-electron chi connectivity index (χ4n) is 2.18. The van der Waals surface area contributed by atoms with Gasteiger partial charge in [-0.15, -0.1) is 0 Å². The van der Waals surface area contributed by atoms with E-state index in [1.165, 1.54) is 0 Å². The highest BCUT2D eigenvalue weighted by Crippen LogP contribution is 2.24. The molecule has 8 heteroatoms. The molecule has 0 saturated heterocycles. The zero-order chi connectivity index (χ0) is 18.5. The minimum absolute atomic E-state index is 0.412. The van der Waals surface area contributed by atoms with Gasteiger partial charge in [0.25, 0.3) is 5.89 Å². The van der Waals surface area contributed by atoms with E-state index in [9.17, 15) is 0 Å². The molecule has 0 atom stereocenters. The molecule has 0 amide bonds. The number of rotatable bonds is 7. The van der Waals surface area contributed by atoms with Gasteiger partial charge in [0, 0.05) is 24.5 Å². The fraction of sp³-hybridized carbons (Fsp3) is 0.333. The van der Waals surface area contributed by atoms with Gasteiger partial charge >= 0.3 is 0 Å². The van der Waals surface area contributed by atoms with E-state index >= 15 is 0 Å². The van der Waals surface area contributed by atoms with Gasteiger partial charge in [0.1, 0.15) is 10.8 Å². The first-order valence-electron chi connectivity index (χ1n) is 8.29. The van der Waals surface area contributed by atoms with Crippen molar-refractivity contribution in [1.82, 2.24) is 20.1 Å². The van der Waals surface area contributed by atoms with E-state index in [1.54, 1.807) is 19.3 Å². The van der Waals surface area contributed by atoms with Crippen LogP contribution in [0.3, 0.4) is 0 Å². The van der Waals surface area contributed by atoms with Crippen molar-refractivity contribution in [1.29, 1.82) is 0 Å². The summed E-state index contributed by atoms with van der Waals surface area (Å²) in [6.07, 6.45) is 3.42. The van der Waals surface area contributed by atoms with Gasteiger partial charge in [0.05, 0.1) is 6.61 Å². The van der Waals surface area contributed by atoms with Crippen LogP contribution in [0.5, 0.6) is 5.88 Å². The summed E-state index contributed by atoms with van der Waals surface area (Å²) in [7, 11) is 0. The van der Waals surface area contributed by atoms with Crippen molar-refractivity contribution < 1.29 is 9.26 Å². The molecular formula is C18H20ClN5O2. The van der Waals surface area contributed by atoms with Crippen LogP contribution in [0.15, 0.2) is 35.1 Å². The molecule has 7 nitrogen and oxygen atoms in total. The van der Waals surface area contributed by atoms with Crippen LogP contribution in [-0.2, 0) is 6.54 Å². The molecule has 3 heterocycles. The summed E-state index contributed by atoms with van der Waals surface area (Å²) in [5.41, 5.74) is 1.73. The van der Waals surface area contributed by atoms with Crippen LogP contribution in [0.1, 0.15) is 25.2 Å². The van der Waals surface area contributed by atoms with E-state index in [2.05, 4.69) is 39.3 Å². The third-order valence-corrected chi connectivity index (χ3v) is 3.70. The Balaban J connectivity index is 1.65. The zero-order valence-corrected chi connectivity index (χ0v) is 15.6. The molecule has 3 aromatic heterocycles. The second-order valence-corrected chi connectivity index (χ2v) is 6.67. The van der Waals surface area contributed by atoms with Crippen LogP contribution in [0, 0.1) is 12.8 Å². The quantitative estimate of drug-likeness (QED) is 0.666. The largest absolute Gasteiger partial charge is 0.476 e. The Morgan fingerprint density at radius 3 is 2.81 bits per heavy atom. The number of halogens is 1. The number of aryl methyl sites for hydroxylation is 1. The van der Waals surface area contributed by atoms with Gasteiger partial charge in [-0.3, -0.25) is 0 Å². The molecule has 0 bridgehead atoms. The van der Waals surface area contributed by atoms with Gasteiger partial charge in [-0.1, -0.05) is 30.6 Å². The van der Waals surface area contributed by atoms with Crippen LogP contribution in [0.2, 0.25) is 5.02 Å². The van der Waals surface area contributed by atoms with Gasteiger partial charge in [-0.2, -0.15) is 4.98 Å². The van der Waals surface area contributed by atoms with Crippen LogP contribution < -0.4 is 10.1 Å². The van der Waals surface area contributed by atoms with Gasteiger partial charge in [0.2, 0.25) is 5.88 Å². The Hall–Kier alpha value is -2.67. The van der Waals surface area contributed by atoms with E-state index in [0.717, 1.165) is 11.1 Å². The van der Waals surface area contributed by atoms with E-state index in [-0.39, 0.29) is 0 Å². The summed E-state index contributed by atoms with van der Waals surface area (Å²) in [5, 5.41) is 7.53. The number of ether oxygens (including phenoxy) is 1. The molecule has 0 aliphatic rings. The summed E-state index contributed by atoms with van der Waals surface area (Å²) in [4.78, 5) is 12.8. The maximum absolute atomic E-state index is 6.24. The minimum Gasteiger partial charge on any atom is -0.476 e. The van der Waals surface area contributed by atoms with E-state index in [0.29, 0.717) is 47.5 Å². The van der Waals surface area contributed by atoms with Crippen LogP contribution in [-0.4, -0.2) is 26.7 Å². The maximum Gasteiger partial charge on any atom is 0.258 e. The number of hydrogen-bond donors (Lipinski definition) is 1. The molecule has 0 unspecified atom stereocenters. The summed E-state index contributed by atoms with van der Waals surface area (Å²) in [6, 6.07) is 5.50. The average molecular weight is 374 g/mol. The molecule has 0 aliphatic carbocycles. The lowest BCUT2D eigenvalue weighted by molar-refractivity contribution is 0.261. The van der Waals surface area contributed by atoms with Gasteiger partial charge in [0.15, 0.2) is 5.82 Å². The molecule has 0 aromatic carbocycles. The number of anilines is 1. The topological polar surface area (TPSA) is 86.0 Å². The molecule has 3 rings (SSSR count). The van der Waals surface area contributed by atoms with Crippen LogP contribution >= 0.6 is 11.6 Å². The van der Waals surface area contributed by atoms with Crippen LogP contribution in [0.4, 0.5) is 5.82 Å². The zero-order valence-electron chi connectivity index (χ0n) is 14.9. The molecule has 0 spiro atoms. The first kappa shape index (κ1) is 18.1. The van der Waals surface area contributed by atoms with Crippen molar-refractivity contribution in [3.63, 3.8) is 0 Å². The SMILES string of the molecule is Cc1noc(-c2ccnc(NCc3cnc(OCC(C)C)c(Cl)c3)c2)n1. The second kappa shape index (κ2) is 8.14. The minimum atomic E-state index is 0.412. The monoisotopic (exact) mass is 373 g/mol. The number of pyridine rings is 2. The predicted octanol–water partition coefficient (Wildman–Crippen LogP) is 4.14. The molecule has 3 aromatic rings. The number of aromatic nitrogens is 4. The molecule has 26 heavy (non-hydrogen) atoms. The Morgan fingerprint density at radius 1 is 1.27 bits per heavy atom. The number of nitrogens with zero attached hydrogens (tertiary/aromatic N) is 4. The van der Waals surface area contributed by atoms with Crippen LogP contribution in [0.25, 0.3) is 11.5 Å². The van der Waals surface area contributed by atoms with Crippen molar-refractivity contribution in [2.75, 3.05) is 11.9 Å². The molecule has 0 radical (unpaired) electrons. The van der Waals surface area contributed by atoms with Gasteiger partial charge in [-0.05, 0) is 36.6 Å². The lowest BCUT2D eigenvalue weighted by Gasteiger charge is -2.11. The summed E-state index contributed by atoms with van der Waals surface area (Å²) in [5.74, 6) is 2.61. The number of hydrogen-bond acceptors (Lipinski definition) is 7. The second-order valence-electron chi connectivity index (χ2n) is 6.27. The normalized spacial score (nSPS) is 11.0. The Labute approximate surface area is 156 Å². The molecule has 0 saturated carbocycles. The molecule has 0 fully saturated rings. The van der Waals surface area contributed by atoms with Gasteiger partial charge < -0.3 is 14.6 Å². The van der Waals surface area contributed by atoms with Crippen molar-refractivity contribution in [2.45, 2.75) is 27.3 Å². The lowest BCUT2D eigenvalue weighted by atomic mass is 10.2. The average Bonchev–Trinajstić information content (AvgIpc) is 3.06. The van der Waals surface area contributed by atoms with Crippen molar-refractivity contribution in [3.8, 4) is 17.3 Å². The highest BCUT2D eigenvalue weighted by atomic mass is 35.5. The summed E-state index contributed by atoms with van der Waals surface area (Å²) < 4.78 is 10.8. The molecule has 136 valence electrons. The van der Waals surface area contributed by atoms with Gasteiger partial charge in [-0.25, -0.2) is 9.97 Å². The third kappa shape index (κ3) is 4.70. The lowest BCUT2D eigenvalue weighted by Crippen LogP contribution is -2.07. The molecular weight excluding hydrogens is 354 g/mol. The Bertz CT molecular complexity index is 882. The van der Waals surface area contributed by atoms with Crippen molar-refractivity contribution >= 4 is 17.4 Å². The summed E-state index contributed by atoms with van der Waals surface area (Å²) >= 11 is 6.24. The maximum atomic E-state index is 6.24. The standard InChI is InChI=1S/C18H20ClN5O2/c1-11(2)10-25-18-15(19)6-13(9-22-18)8-21-16-7-14(4-5-20-16)17-23-12(3)24-26-17/h4-7,9,11H,8,10H2,1-3H3,(H,20,21). The van der Waals surface area contributed by atoms with E-state index in [1.807, 2.05) is 18.2 Å². The molecule has 0 aliphatic heterocycles. The van der Waals surface area contributed by atoms with E-state index < -0.39 is 0 Å². The van der Waals surface area contributed by atoms with E-state index in [4.69, 9.17) is 20.9 Å². The fourth-order valence-corrected chi connectivity index (χ4v) is 2.42. The highest BCUT2D eigenvalue weighted by molar-refractivity contribution is 6.31. The summed E-state index contributed by atoms with van der Waals surface area (Å²) in [6.45, 7) is 7.02. The first-order valence-corrected chi connectivity index (χ1v) is 8.67. The highest BCUT2D eigenvalue weighted by Gasteiger charge is 2.09. The third-order valence-electron chi connectivity index (χ3n) is 3.43. The molecule has 1 N–H and O–H groups in total. The number of nitrogens with one attached hydrogen (secondary N) is 1. The predicted molar refractivity (Wildman–Crippen MR) is 99.2 cm³/mol. The Morgan fingerprint density at radius 2 is 2.12 bits per heavy atom. The smallest absolute Gasteiger partial charge is 0.258 e. The van der Waals surface area contributed by atoms with Crippen molar-refractivity contribution in [3.05, 3.63) is 47.0 Å². The Kier molecular flexibility index (Phi) is 5.68.